The van der Waals surface area contributed by atoms with E-state index in [0.717, 1.165) is 19.1 Å². The Balaban J connectivity index is 2.84. The first kappa shape index (κ1) is 20.3. The van der Waals surface area contributed by atoms with Crippen molar-refractivity contribution in [3.05, 3.63) is 29.3 Å². The Morgan fingerprint density at radius 1 is 1.31 bits per heavy atom. The van der Waals surface area contributed by atoms with Crippen LogP contribution in [-0.2, 0) is 9.53 Å². The van der Waals surface area contributed by atoms with Crippen LogP contribution in [0.4, 0.5) is 13.2 Å². The number of hydrogen-bond donors (Lipinski definition) is 0. The molecular formula is C16H13ClF3NO4S. The van der Waals surface area contributed by atoms with Crippen LogP contribution in [0.3, 0.4) is 0 Å². The Morgan fingerprint density at radius 2 is 1.96 bits per heavy atom. The van der Waals surface area contributed by atoms with Crippen LogP contribution < -0.4 is 4.74 Å². The predicted octanol–water partition coefficient (Wildman–Crippen LogP) is 4.24. The second-order valence-corrected chi connectivity index (χ2v) is 6.88. The van der Waals surface area contributed by atoms with Crippen LogP contribution in [-0.4, -0.2) is 34.9 Å². The highest BCUT2D eigenvalue weighted by atomic mass is 35.5. The smallest absolute Gasteiger partial charge is 0.344 e. The minimum Gasteiger partial charge on any atom is -0.462 e. The first-order valence-electron chi connectivity index (χ1n) is 7.33. The molecule has 0 spiro atoms. The SMILES string of the molecule is CCOC(=O)c1c(SC(Cl)CF)nc2cc(F)c(F)cc2c1OC(C)=O. The van der Waals surface area contributed by atoms with Crippen molar-refractivity contribution < 1.29 is 32.2 Å². The number of halogens is 4. The maximum absolute atomic E-state index is 13.7. The molecule has 1 aromatic heterocycles. The number of alkyl halides is 2. The van der Waals surface area contributed by atoms with Crippen molar-refractivity contribution >= 4 is 46.2 Å². The van der Waals surface area contributed by atoms with Crippen molar-refractivity contribution in [1.29, 1.82) is 0 Å². The third-order valence-corrected chi connectivity index (χ3v) is 4.32. The largest absolute Gasteiger partial charge is 0.462 e. The van der Waals surface area contributed by atoms with E-state index in [1.54, 1.807) is 6.92 Å². The third kappa shape index (κ3) is 4.39. The monoisotopic (exact) mass is 407 g/mol. The zero-order valence-corrected chi connectivity index (χ0v) is 15.2. The Kier molecular flexibility index (Phi) is 6.71. The highest BCUT2D eigenvalue weighted by Gasteiger charge is 2.27. The minimum atomic E-state index is -1.22. The molecule has 0 aliphatic carbocycles. The molecule has 5 nitrogen and oxygen atoms in total. The summed E-state index contributed by atoms with van der Waals surface area (Å²) in [5.74, 6) is -4.50. The molecule has 1 aromatic carbocycles. The minimum absolute atomic E-state index is 0.00825. The molecule has 2 rings (SSSR count). The Bertz CT molecular complexity index is 865. The highest BCUT2D eigenvalue weighted by molar-refractivity contribution is 8.01. The predicted molar refractivity (Wildman–Crippen MR) is 90.4 cm³/mol. The van der Waals surface area contributed by atoms with Crippen molar-refractivity contribution in [3.63, 3.8) is 0 Å². The molecule has 10 heteroatoms. The molecule has 0 N–H and O–H groups in total. The van der Waals surface area contributed by atoms with Gasteiger partial charge in [-0.25, -0.2) is 22.9 Å². The number of ether oxygens (including phenoxy) is 2. The van der Waals surface area contributed by atoms with Gasteiger partial charge in [0.05, 0.1) is 12.1 Å². The molecule has 0 aliphatic heterocycles. The summed E-state index contributed by atoms with van der Waals surface area (Å²) in [5.41, 5.74) is -0.414. The summed E-state index contributed by atoms with van der Waals surface area (Å²) in [6, 6.07) is 1.52. The van der Waals surface area contributed by atoms with Crippen molar-refractivity contribution in [1.82, 2.24) is 4.98 Å². The lowest BCUT2D eigenvalue weighted by molar-refractivity contribution is -0.131. The van der Waals surface area contributed by atoms with Crippen molar-refractivity contribution in [2.45, 2.75) is 23.6 Å². The molecule has 0 saturated carbocycles. The lowest BCUT2D eigenvalue weighted by Gasteiger charge is -2.16. The molecule has 26 heavy (non-hydrogen) atoms. The fourth-order valence-corrected chi connectivity index (χ4v) is 3.08. The summed E-state index contributed by atoms with van der Waals surface area (Å²) in [6.45, 7) is 1.66. The summed E-state index contributed by atoms with van der Waals surface area (Å²) in [5, 5.41) is -0.242. The van der Waals surface area contributed by atoms with Crippen LogP contribution in [0.1, 0.15) is 24.2 Å². The number of carbonyl (C=O) groups is 2. The van der Waals surface area contributed by atoms with E-state index in [4.69, 9.17) is 21.1 Å². The summed E-state index contributed by atoms with van der Waals surface area (Å²) in [4.78, 5) is 27.9. The first-order valence-corrected chi connectivity index (χ1v) is 8.65. The zero-order valence-electron chi connectivity index (χ0n) is 13.6. The number of benzene rings is 1. The Hall–Kier alpha value is -2.00. The van der Waals surface area contributed by atoms with E-state index in [2.05, 4.69) is 4.98 Å². The van der Waals surface area contributed by atoms with Crippen molar-refractivity contribution in [2.24, 2.45) is 0 Å². The molecule has 1 atom stereocenters. The number of hydrogen-bond acceptors (Lipinski definition) is 6. The van der Waals surface area contributed by atoms with Gasteiger partial charge < -0.3 is 9.47 Å². The van der Waals surface area contributed by atoms with Gasteiger partial charge in [0.2, 0.25) is 0 Å². The molecule has 0 aliphatic rings. The second-order valence-electron chi connectivity index (χ2n) is 4.90. The third-order valence-electron chi connectivity index (χ3n) is 3.03. The summed E-state index contributed by atoms with van der Waals surface area (Å²) < 4.78 is 48.9. The van der Waals surface area contributed by atoms with E-state index < -0.39 is 35.0 Å². The van der Waals surface area contributed by atoms with Gasteiger partial charge in [0.25, 0.3) is 0 Å². The van der Waals surface area contributed by atoms with Crippen LogP contribution in [0.2, 0.25) is 0 Å². The number of aromatic nitrogens is 1. The van der Waals surface area contributed by atoms with E-state index in [-0.39, 0.29) is 33.8 Å². The Morgan fingerprint density at radius 3 is 2.54 bits per heavy atom. The molecule has 1 heterocycles. The number of rotatable bonds is 6. The van der Waals surface area contributed by atoms with E-state index in [1.807, 2.05) is 0 Å². The van der Waals surface area contributed by atoms with Gasteiger partial charge in [-0.2, -0.15) is 0 Å². The van der Waals surface area contributed by atoms with Crippen molar-refractivity contribution in [3.8, 4) is 5.75 Å². The van der Waals surface area contributed by atoms with Crippen LogP contribution in [0, 0.1) is 11.6 Å². The van der Waals surface area contributed by atoms with Gasteiger partial charge in [-0.15, -0.1) is 11.6 Å². The van der Waals surface area contributed by atoms with E-state index >= 15 is 0 Å². The normalized spacial score (nSPS) is 12.1. The number of fused-ring (bicyclic) bond motifs is 1. The average Bonchev–Trinajstić information content (AvgIpc) is 2.56. The molecule has 0 amide bonds. The van der Waals surface area contributed by atoms with Gasteiger partial charge in [-0.1, -0.05) is 11.8 Å². The molecule has 0 bridgehead atoms. The van der Waals surface area contributed by atoms with Crippen LogP contribution >= 0.6 is 23.4 Å². The molecule has 0 saturated heterocycles. The maximum atomic E-state index is 13.7. The molecular weight excluding hydrogens is 395 g/mol. The lowest BCUT2D eigenvalue weighted by atomic mass is 10.1. The Labute approximate surface area is 155 Å². The highest BCUT2D eigenvalue weighted by Crippen LogP contribution is 2.39. The summed E-state index contributed by atoms with van der Waals surface area (Å²) in [7, 11) is 0. The fraction of sp³-hybridized carbons (Fsp3) is 0.312. The molecule has 1 unspecified atom stereocenters. The number of pyridine rings is 1. The van der Waals surface area contributed by atoms with E-state index in [1.165, 1.54) is 0 Å². The summed E-state index contributed by atoms with van der Waals surface area (Å²) >= 11 is 6.43. The van der Waals surface area contributed by atoms with Crippen LogP contribution in [0.15, 0.2) is 17.2 Å². The standard InChI is InChI=1S/C16H13ClF3NO4S/c1-3-24-16(23)13-14(25-7(2)22)8-4-9(19)10(20)5-11(8)21-15(13)26-12(17)6-18/h4-5,12H,3,6H2,1-2H3. The number of thioether (sulfide) groups is 1. The number of esters is 2. The number of carbonyl (C=O) groups excluding carboxylic acids is 2. The summed E-state index contributed by atoms with van der Waals surface area (Å²) in [6.07, 6.45) is 0. The van der Waals surface area contributed by atoms with Gasteiger partial charge in [0.1, 0.15) is 22.0 Å². The van der Waals surface area contributed by atoms with E-state index in [0.29, 0.717) is 11.8 Å². The molecule has 0 radical (unpaired) electrons. The number of nitrogens with zero attached hydrogens (tertiary/aromatic N) is 1. The van der Waals surface area contributed by atoms with Crippen molar-refractivity contribution in [2.75, 3.05) is 13.3 Å². The van der Waals surface area contributed by atoms with Gasteiger partial charge in [0, 0.05) is 18.4 Å². The average molecular weight is 408 g/mol. The second kappa shape index (κ2) is 8.59. The van der Waals surface area contributed by atoms with Gasteiger partial charge >= 0.3 is 11.9 Å². The van der Waals surface area contributed by atoms with Crippen LogP contribution in [0.25, 0.3) is 10.9 Å². The zero-order chi connectivity index (χ0) is 19.4. The van der Waals surface area contributed by atoms with Gasteiger partial charge in [-0.05, 0) is 13.0 Å². The van der Waals surface area contributed by atoms with Gasteiger partial charge in [0.15, 0.2) is 17.4 Å². The molecule has 2 aromatic rings. The van der Waals surface area contributed by atoms with Crippen LogP contribution in [0.5, 0.6) is 5.75 Å². The molecule has 140 valence electrons. The van der Waals surface area contributed by atoms with E-state index in [9.17, 15) is 22.8 Å². The maximum Gasteiger partial charge on any atom is 0.344 e. The fourth-order valence-electron chi connectivity index (χ4n) is 2.08. The molecule has 0 fully saturated rings. The quantitative estimate of drug-likeness (QED) is 0.405. The first-order chi connectivity index (χ1) is 12.3. The van der Waals surface area contributed by atoms with Gasteiger partial charge in [-0.3, -0.25) is 4.79 Å². The topological polar surface area (TPSA) is 65.5 Å². The lowest BCUT2D eigenvalue weighted by Crippen LogP contribution is -2.14.